The Morgan fingerprint density at radius 3 is 2.56 bits per heavy atom. The molecular weight excluding hydrogens is 233 g/mol. The third-order valence-corrected chi connectivity index (χ3v) is 3.21. The lowest BCUT2D eigenvalue weighted by Crippen LogP contribution is -2.40. The molecule has 98 valence electrons. The van der Waals surface area contributed by atoms with Crippen LogP contribution in [-0.4, -0.2) is 43.5 Å². The van der Waals surface area contributed by atoms with E-state index < -0.39 is 0 Å². The van der Waals surface area contributed by atoms with E-state index in [1.807, 2.05) is 6.92 Å². The van der Waals surface area contributed by atoms with Crippen LogP contribution in [0.2, 0.25) is 0 Å². The van der Waals surface area contributed by atoms with Crippen molar-refractivity contribution in [1.29, 1.82) is 0 Å². The van der Waals surface area contributed by atoms with Crippen LogP contribution in [0.3, 0.4) is 0 Å². The Labute approximate surface area is 107 Å². The van der Waals surface area contributed by atoms with E-state index in [9.17, 15) is 9.18 Å². The van der Waals surface area contributed by atoms with Crippen LogP contribution < -0.4 is 0 Å². The first-order chi connectivity index (χ1) is 8.66. The quantitative estimate of drug-likeness (QED) is 0.766. The molecule has 0 amide bonds. The van der Waals surface area contributed by atoms with E-state index in [1.54, 1.807) is 12.1 Å². The number of rotatable bonds is 4. The van der Waals surface area contributed by atoms with Crippen LogP contribution in [0.25, 0.3) is 0 Å². The molecule has 1 aromatic rings. The highest BCUT2D eigenvalue weighted by Crippen LogP contribution is 2.12. The fourth-order valence-corrected chi connectivity index (χ4v) is 2.15. The van der Waals surface area contributed by atoms with Gasteiger partial charge in [0.15, 0.2) is 5.78 Å². The highest BCUT2D eigenvalue weighted by molar-refractivity contribution is 5.97. The van der Waals surface area contributed by atoms with Crippen molar-refractivity contribution in [2.24, 2.45) is 5.92 Å². The summed E-state index contributed by atoms with van der Waals surface area (Å²) >= 11 is 0. The minimum atomic E-state index is -0.313. The van der Waals surface area contributed by atoms with Gasteiger partial charge in [-0.15, -0.1) is 0 Å². The Bertz CT molecular complexity index is 399. The second-order valence-electron chi connectivity index (χ2n) is 4.69. The number of carbonyl (C=O) groups excluding carboxylic acids is 1. The lowest BCUT2D eigenvalue weighted by atomic mass is 9.98. The van der Waals surface area contributed by atoms with E-state index in [4.69, 9.17) is 4.74 Å². The number of ether oxygens (including phenoxy) is 1. The topological polar surface area (TPSA) is 29.5 Å². The van der Waals surface area contributed by atoms with E-state index >= 15 is 0 Å². The summed E-state index contributed by atoms with van der Waals surface area (Å²) in [5.41, 5.74) is 0.581. The van der Waals surface area contributed by atoms with Crippen molar-refractivity contribution >= 4 is 5.78 Å². The van der Waals surface area contributed by atoms with Crippen molar-refractivity contribution in [1.82, 2.24) is 4.90 Å². The molecule has 18 heavy (non-hydrogen) atoms. The standard InChI is InChI=1S/C14H18FNO2/c1-11(10-16-6-8-18-9-7-16)14(17)12-2-4-13(15)5-3-12/h2-5,11H,6-10H2,1H3. The van der Waals surface area contributed by atoms with Crippen LogP contribution in [0.1, 0.15) is 17.3 Å². The Balaban J connectivity index is 1.93. The first-order valence-corrected chi connectivity index (χ1v) is 6.26. The van der Waals surface area contributed by atoms with Gasteiger partial charge in [0, 0.05) is 31.1 Å². The average molecular weight is 251 g/mol. The molecule has 0 spiro atoms. The molecule has 0 aliphatic carbocycles. The summed E-state index contributed by atoms with van der Waals surface area (Å²) < 4.78 is 18.1. The molecule has 0 N–H and O–H groups in total. The van der Waals surface area contributed by atoms with Crippen LogP contribution >= 0.6 is 0 Å². The number of nitrogens with zero attached hydrogens (tertiary/aromatic N) is 1. The van der Waals surface area contributed by atoms with Crippen LogP contribution in [0.4, 0.5) is 4.39 Å². The fourth-order valence-electron chi connectivity index (χ4n) is 2.15. The molecule has 3 nitrogen and oxygen atoms in total. The maximum absolute atomic E-state index is 12.8. The highest BCUT2D eigenvalue weighted by atomic mass is 19.1. The van der Waals surface area contributed by atoms with E-state index in [-0.39, 0.29) is 17.5 Å². The zero-order valence-corrected chi connectivity index (χ0v) is 10.6. The molecule has 1 aromatic carbocycles. The van der Waals surface area contributed by atoms with Gasteiger partial charge in [-0.1, -0.05) is 6.92 Å². The molecule has 1 unspecified atom stereocenters. The Hall–Kier alpha value is -1.26. The molecule has 4 heteroatoms. The first-order valence-electron chi connectivity index (χ1n) is 6.26. The van der Waals surface area contributed by atoms with Crippen molar-refractivity contribution in [3.05, 3.63) is 35.6 Å². The summed E-state index contributed by atoms with van der Waals surface area (Å²) in [6.45, 7) is 5.87. The van der Waals surface area contributed by atoms with Gasteiger partial charge in [-0.25, -0.2) is 4.39 Å². The molecule has 1 aliphatic rings. The monoisotopic (exact) mass is 251 g/mol. The van der Waals surface area contributed by atoms with Gasteiger partial charge in [0.05, 0.1) is 13.2 Å². The summed E-state index contributed by atoms with van der Waals surface area (Å²) in [4.78, 5) is 14.4. The molecule has 1 fully saturated rings. The number of benzene rings is 1. The van der Waals surface area contributed by atoms with Gasteiger partial charge in [0.2, 0.25) is 0 Å². The molecule has 1 saturated heterocycles. The smallest absolute Gasteiger partial charge is 0.166 e. The van der Waals surface area contributed by atoms with E-state index in [0.29, 0.717) is 5.56 Å². The number of hydrogen-bond acceptors (Lipinski definition) is 3. The van der Waals surface area contributed by atoms with E-state index in [2.05, 4.69) is 4.90 Å². The first kappa shape index (κ1) is 13.2. The average Bonchev–Trinajstić information content (AvgIpc) is 2.40. The SMILES string of the molecule is CC(CN1CCOCC1)C(=O)c1ccc(F)cc1. The number of carbonyl (C=O) groups is 1. The molecule has 0 saturated carbocycles. The minimum absolute atomic E-state index is 0.0708. The molecular formula is C14H18FNO2. The van der Waals surface area contributed by atoms with Crippen molar-refractivity contribution in [3.8, 4) is 0 Å². The lowest BCUT2D eigenvalue weighted by Gasteiger charge is -2.28. The number of morpholine rings is 1. The van der Waals surface area contributed by atoms with Crippen LogP contribution in [-0.2, 0) is 4.74 Å². The van der Waals surface area contributed by atoms with Crippen LogP contribution in [0, 0.1) is 11.7 Å². The van der Waals surface area contributed by atoms with Gasteiger partial charge in [-0.2, -0.15) is 0 Å². The zero-order chi connectivity index (χ0) is 13.0. The van der Waals surface area contributed by atoms with Gasteiger partial charge in [0.1, 0.15) is 5.82 Å². The molecule has 1 atom stereocenters. The third-order valence-electron chi connectivity index (χ3n) is 3.21. The van der Waals surface area contributed by atoms with Gasteiger partial charge < -0.3 is 4.74 Å². The van der Waals surface area contributed by atoms with Crippen molar-refractivity contribution in [2.45, 2.75) is 6.92 Å². The summed E-state index contributed by atoms with van der Waals surface area (Å²) in [6, 6.07) is 5.75. The molecule has 1 heterocycles. The summed E-state index contributed by atoms with van der Waals surface area (Å²) in [6.07, 6.45) is 0. The number of hydrogen-bond donors (Lipinski definition) is 0. The molecule has 0 radical (unpaired) electrons. The highest BCUT2D eigenvalue weighted by Gasteiger charge is 2.20. The largest absolute Gasteiger partial charge is 0.379 e. The Morgan fingerprint density at radius 1 is 1.33 bits per heavy atom. The van der Waals surface area contributed by atoms with Gasteiger partial charge >= 0.3 is 0 Å². The second-order valence-corrected chi connectivity index (χ2v) is 4.69. The van der Waals surface area contributed by atoms with Gasteiger partial charge in [-0.3, -0.25) is 9.69 Å². The van der Waals surface area contributed by atoms with Gasteiger partial charge in [0.25, 0.3) is 0 Å². The Kier molecular flexibility index (Phi) is 4.44. The zero-order valence-electron chi connectivity index (χ0n) is 10.6. The minimum Gasteiger partial charge on any atom is -0.379 e. The third kappa shape index (κ3) is 3.37. The van der Waals surface area contributed by atoms with E-state index in [1.165, 1.54) is 12.1 Å². The number of halogens is 1. The van der Waals surface area contributed by atoms with Crippen molar-refractivity contribution < 1.29 is 13.9 Å². The number of Topliss-reactive ketones (excluding diaryl/α,β-unsaturated/α-hetero) is 1. The maximum Gasteiger partial charge on any atom is 0.166 e. The summed E-state index contributed by atoms with van der Waals surface area (Å²) in [5, 5.41) is 0. The predicted molar refractivity (Wildman–Crippen MR) is 67.2 cm³/mol. The summed E-state index contributed by atoms with van der Waals surface area (Å²) in [5.74, 6) is -0.317. The number of ketones is 1. The van der Waals surface area contributed by atoms with Gasteiger partial charge in [-0.05, 0) is 24.3 Å². The summed E-state index contributed by atoms with van der Waals surface area (Å²) in [7, 11) is 0. The normalized spacial score (nSPS) is 18.6. The molecule has 0 aromatic heterocycles. The lowest BCUT2D eigenvalue weighted by molar-refractivity contribution is 0.0313. The molecule has 0 bridgehead atoms. The predicted octanol–water partition coefficient (Wildman–Crippen LogP) is 1.98. The van der Waals surface area contributed by atoms with Crippen LogP contribution in [0.5, 0.6) is 0 Å². The Morgan fingerprint density at radius 2 is 1.94 bits per heavy atom. The van der Waals surface area contributed by atoms with Crippen molar-refractivity contribution in [2.75, 3.05) is 32.8 Å². The fraction of sp³-hybridized carbons (Fsp3) is 0.500. The molecule has 2 rings (SSSR count). The van der Waals surface area contributed by atoms with Crippen molar-refractivity contribution in [3.63, 3.8) is 0 Å². The van der Waals surface area contributed by atoms with E-state index in [0.717, 1.165) is 32.8 Å². The maximum atomic E-state index is 12.8. The second kappa shape index (κ2) is 6.07. The van der Waals surface area contributed by atoms with Crippen LogP contribution in [0.15, 0.2) is 24.3 Å². The molecule has 1 aliphatic heterocycles.